The Balaban J connectivity index is 1.32. The first-order valence-electron chi connectivity index (χ1n) is 11.5. The molecule has 0 radical (unpaired) electrons. The lowest BCUT2D eigenvalue weighted by Gasteiger charge is -2.36. The van der Waals surface area contributed by atoms with Crippen molar-refractivity contribution in [2.75, 3.05) is 19.7 Å². The van der Waals surface area contributed by atoms with Crippen LogP contribution in [0.3, 0.4) is 0 Å². The summed E-state index contributed by atoms with van der Waals surface area (Å²) >= 11 is 0. The molecule has 2 saturated heterocycles. The number of carbonyl (C=O) groups excluding carboxylic acids is 1. The molecular formula is C24H37N3O3. The lowest BCUT2D eigenvalue weighted by molar-refractivity contribution is -0.0411. The molecule has 5 atom stereocenters. The zero-order valence-electron chi connectivity index (χ0n) is 18.6. The Bertz CT molecular complexity index is 705. The molecule has 6 heteroatoms. The van der Waals surface area contributed by atoms with E-state index < -0.39 is 5.60 Å². The third-order valence-electron chi connectivity index (χ3n) is 6.58. The van der Waals surface area contributed by atoms with E-state index in [1.807, 2.05) is 20.8 Å². The molecule has 1 amide bonds. The Hall–Kier alpha value is -1.63. The first-order chi connectivity index (χ1) is 14.4. The lowest BCUT2D eigenvalue weighted by atomic mass is 9.97. The molecule has 2 aliphatic heterocycles. The van der Waals surface area contributed by atoms with Crippen molar-refractivity contribution in [1.29, 1.82) is 0 Å². The molecule has 1 aromatic carbocycles. The normalized spacial score (nSPS) is 32.0. The number of hydrogen-bond donors (Lipinski definition) is 2. The van der Waals surface area contributed by atoms with Crippen LogP contribution in [0.2, 0.25) is 0 Å². The van der Waals surface area contributed by atoms with Crippen molar-refractivity contribution in [3.63, 3.8) is 0 Å². The SMILES string of the molecule is CC(C)(C)OC(=O)NC1CCCOC1NC1CC[C@H]2CN(Cc3ccccc3)CC12. The Morgan fingerprint density at radius 2 is 1.93 bits per heavy atom. The topological polar surface area (TPSA) is 62.8 Å². The molecule has 2 N–H and O–H groups in total. The smallest absolute Gasteiger partial charge is 0.408 e. The maximum absolute atomic E-state index is 12.3. The zero-order chi connectivity index (χ0) is 21.1. The van der Waals surface area contributed by atoms with E-state index in [-0.39, 0.29) is 18.4 Å². The summed E-state index contributed by atoms with van der Waals surface area (Å²) in [6.07, 6.45) is 3.83. The number of amides is 1. The summed E-state index contributed by atoms with van der Waals surface area (Å²) < 4.78 is 11.5. The highest BCUT2D eigenvalue weighted by Gasteiger charge is 2.44. The summed E-state index contributed by atoms with van der Waals surface area (Å²) in [5.41, 5.74) is 0.895. The van der Waals surface area contributed by atoms with Gasteiger partial charge in [-0.2, -0.15) is 0 Å². The molecular weight excluding hydrogens is 378 g/mol. The van der Waals surface area contributed by atoms with Crippen LogP contribution in [0.15, 0.2) is 30.3 Å². The summed E-state index contributed by atoms with van der Waals surface area (Å²) in [6.45, 7) is 9.75. The molecule has 166 valence electrons. The van der Waals surface area contributed by atoms with Crippen LogP contribution in [0.1, 0.15) is 52.0 Å². The minimum atomic E-state index is -0.493. The molecule has 6 nitrogen and oxygen atoms in total. The van der Waals surface area contributed by atoms with E-state index in [0.29, 0.717) is 12.0 Å². The van der Waals surface area contributed by atoms with E-state index in [0.717, 1.165) is 38.5 Å². The number of ether oxygens (including phenoxy) is 2. The van der Waals surface area contributed by atoms with Crippen molar-refractivity contribution in [2.45, 2.75) is 76.9 Å². The highest BCUT2D eigenvalue weighted by Crippen LogP contribution is 2.39. The van der Waals surface area contributed by atoms with Crippen molar-refractivity contribution in [3.8, 4) is 0 Å². The Labute approximate surface area is 180 Å². The van der Waals surface area contributed by atoms with Crippen LogP contribution in [0.5, 0.6) is 0 Å². The number of fused-ring (bicyclic) bond motifs is 1. The van der Waals surface area contributed by atoms with Crippen LogP contribution in [-0.2, 0) is 16.0 Å². The van der Waals surface area contributed by atoms with E-state index in [1.165, 1.54) is 24.9 Å². The van der Waals surface area contributed by atoms with Gasteiger partial charge in [-0.15, -0.1) is 0 Å². The van der Waals surface area contributed by atoms with Crippen LogP contribution in [0.25, 0.3) is 0 Å². The van der Waals surface area contributed by atoms with Gasteiger partial charge in [-0.25, -0.2) is 4.79 Å². The minimum Gasteiger partial charge on any atom is -0.444 e. The van der Waals surface area contributed by atoms with Crippen molar-refractivity contribution >= 4 is 6.09 Å². The first-order valence-corrected chi connectivity index (χ1v) is 11.5. The monoisotopic (exact) mass is 415 g/mol. The van der Waals surface area contributed by atoms with Gasteiger partial charge < -0.3 is 14.8 Å². The van der Waals surface area contributed by atoms with E-state index in [1.54, 1.807) is 0 Å². The third kappa shape index (κ3) is 5.54. The second-order valence-electron chi connectivity index (χ2n) is 10.1. The summed E-state index contributed by atoms with van der Waals surface area (Å²) in [4.78, 5) is 14.9. The van der Waals surface area contributed by atoms with Crippen molar-refractivity contribution in [3.05, 3.63) is 35.9 Å². The van der Waals surface area contributed by atoms with Gasteiger partial charge in [0, 0.05) is 32.3 Å². The maximum atomic E-state index is 12.3. The van der Waals surface area contributed by atoms with Crippen LogP contribution in [0, 0.1) is 11.8 Å². The number of alkyl carbamates (subject to hydrolysis) is 1. The van der Waals surface area contributed by atoms with E-state index in [2.05, 4.69) is 45.9 Å². The number of nitrogens with zero attached hydrogens (tertiary/aromatic N) is 1. The number of benzene rings is 1. The molecule has 2 heterocycles. The van der Waals surface area contributed by atoms with Gasteiger partial charge in [-0.05, 0) is 63.9 Å². The maximum Gasteiger partial charge on any atom is 0.408 e. The molecule has 1 aliphatic carbocycles. The van der Waals surface area contributed by atoms with Gasteiger partial charge in [0.2, 0.25) is 0 Å². The molecule has 30 heavy (non-hydrogen) atoms. The average Bonchev–Trinajstić information content (AvgIpc) is 3.24. The van der Waals surface area contributed by atoms with Gasteiger partial charge in [0.05, 0.1) is 6.04 Å². The van der Waals surface area contributed by atoms with E-state index in [9.17, 15) is 4.79 Å². The van der Waals surface area contributed by atoms with Crippen LogP contribution < -0.4 is 10.6 Å². The molecule has 0 spiro atoms. The quantitative estimate of drug-likeness (QED) is 0.771. The number of nitrogens with one attached hydrogen (secondary N) is 2. The van der Waals surface area contributed by atoms with Gasteiger partial charge in [-0.1, -0.05) is 30.3 Å². The fourth-order valence-electron chi connectivity index (χ4n) is 5.30. The highest BCUT2D eigenvalue weighted by atomic mass is 16.6. The summed E-state index contributed by atoms with van der Waals surface area (Å²) in [7, 11) is 0. The number of hydrogen-bond acceptors (Lipinski definition) is 5. The van der Waals surface area contributed by atoms with Gasteiger partial charge in [0.25, 0.3) is 0 Å². The Morgan fingerprint density at radius 3 is 2.70 bits per heavy atom. The standard InChI is InChI=1S/C24H37N3O3/c1-24(2,3)30-23(28)26-21-10-7-13-29-22(21)25-20-12-11-18-15-27(16-19(18)20)14-17-8-5-4-6-9-17/h4-6,8-9,18-22,25H,7,10-16H2,1-3H3,(H,26,28)/t18-,19?,20?,21?,22?/m0/s1. The number of carbonyl (C=O) groups is 1. The number of likely N-dealkylation sites (tertiary alicyclic amines) is 1. The molecule has 4 rings (SSSR count). The van der Waals surface area contributed by atoms with Gasteiger partial charge in [0.15, 0.2) is 0 Å². The summed E-state index contributed by atoms with van der Waals surface area (Å²) in [6, 6.07) is 11.1. The second-order valence-corrected chi connectivity index (χ2v) is 10.1. The molecule has 3 aliphatic rings. The summed E-state index contributed by atoms with van der Waals surface area (Å²) in [5.74, 6) is 1.41. The van der Waals surface area contributed by atoms with Crippen molar-refractivity contribution in [1.82, 2.24) is 15.5 Å². The average molecular weight is 416 g/mol. The van der Waals surface area contributed by atoms with Crippen molar-refractivity contribution in [2.24, 2.45) is 11.8 Å². The molecule has 1 aromatic rings. The number of rotatable bonds is 5. The highest BCUT2D eigenvalue weighted by molar-refractivity contribution is 5.68. The minimum absolute atomic E-state index is 0.0468. The fourth-order valence-corrected chi connectivity index (χ4v) is 5.30. The van der Waals surface area contributed by atoms with E-state index >= 15 is 0 Å². The van der Waals surface area contributed by atoms with Crippen LogP contribution >= 0.6 is 0 Å². The molecule has 3 fully saturated rings. The lowest BCUT2D eigenvalue weighted by Crippen LogP contribution is -2.57. The molecule has 1 saturated carbocycles. The van der Waals surface area contributed by atoms with Gasteiger partial charge in [-0.3, -0.25) is 10.2 Å². The largest absolute Gasteiger partial charge is 0.444 e. The predicted molar refractivity (Wildman–Crippen MR) is 117 cm³/mol. The second kappa shape index (κ2) is 9.25. The van der Waals surface area contributed by atoms with Gasteiger partial charge in [0.1, 0.15) is 11.8 Å². The molecule has 4 unspecified atom stereocenters. The molecule has 0 bridgehead atoms. The van der Waals surface area contributed by atoms with Gasteiger partial charge >= 0.3 is 6.09 Å². The van der Waals surface area contributed by atoms with Crippen LogP contribution in [0.4, 0.5) is 4.79 Å². The Kier molecular flexibility index (Phi) is 6.66. The Morgan fingerprint density at radius 1 is 1.13 bits per heavy atom. The fraction of sp³-hybridized carbons (Fsp3) is 0.708. The van der Waals surface area contributed by atoms with E-state index in [4.69, 9.17) is 9.47 Å². The predicted octanol–water partition coefficient (Wildman–Crippen LogP) is 3.52. The zero-order valence-corrected chi connectivity index (χ0v) is 18.6. The molecule has 0 aromatic heterocycles. The third-order valence-corrected chi connectivity index (χ3v) is 6.58. The van der Waals surface area contributed by atoms with Crippen LogP contribution in [-0.4, -0.2) is 54.6 Å². The summed E-state index contributed by atoms with van der Waals surface area (Å²) in [5, 5.41) is 6.81. The van der Waals surface area contributed by atoms with Crippen molar-refractivity contribution < 1.29 is 14.3 Å². The first kappa shape index (κ1) is 21.6.